The molecular formula is C28H38N6O3. The molecule has 6 rings (SSSR count). The van der Waals surface area contributed by atoms with Crippen molar-refractivity contribution in [3.63, 3.8) is 0 Å². The molecule has 0 amide bonds. The van der Waals surface area contributed by atoms with Crippen molar-refractivity contribution >= 4 is 11.2 Å². The van der Waals surface area contributed by atoms with Crippen LogP contribution < -0.4 is 4.90 Å². The molecule has 0 radical (unpaired) electrons. The monoisotopic (exact) mass is 506 g/mol. The third-order valence-electron chi connectivity index (χ3n) is 8.29. The fourth-order valence-corrected chi connectivity index (χ4v) is 6.02. The Bertz CT molecular complexity index is 1210. The first kappa shape index (κ1) is 24.8. The Labute approximate surface area is 218 Å². The Kier molecular flexibility index (Phi) is 6.66. The number of hydrogen-bond donors (Lipinski definition) is 1. The van der Waals surface area contributed by atoms with Crippen LogP contribution in [0.2, 0.25) is 0 Å². The van der Waals surface area contributed by atoms with Gasteiger partial charge in [0, 0.05) is 81.6 Å². The Morgan fingerprint density at radius 1 is 1.11 bits per heavy atom. The Morgan fingerprint density at radius 3 is 2.49 bits per heavy atom. The standard InChI is InChI=1S/C28H38N6O3/c1-4-36-28(8-11-31(12-9-28)20(2)3)22-5-6-23(29-18-22)21-17-25-24(7-10-30-34(25)19-21)32-13-15-33(16-14-32)26-27(35)37-26/h5-7,10,17-20,26-27,35H,4,8-9,11-16H2,1-3H3. The SMILES string of the molecule is CCOC1(c2ccc(-c3cc4c(N5CCN(C6OC6O)CC5)ccnn4c3)nc2)CCN(C(C)C)CC1. The molecule has 0 aliphatic carbocycles. The molecule has 6 heterocycles. The first-order chi connectivity index (χ1) is 18.0. The van der Waals surface area contributed by atoms with Crippen LogP contribution in [0.15, 0.2) is 42.9 Å². The van der Waals surface area contributed by atoms with Crippen LogP contribution in [0, 0.1) is 0 Å². The number of aliphatic hydroxyl groups excluding tert-OH is 1. The number of likely N-dealkylation sites (tertiary alicyclic amines) is 1. The third-order valence-corrected chi connectivity index (χ3v) is 8.29. The highest BCUT2D eigenvalue weighted by atomic mass is 16.7. The minimum atomic E-state index is -0.623. The van der Waals surface area contributed by atoms with Gasteiger partial charge >= 0.3 is 0 Å². The predicted octanol–water partition coefficient (Wildman–Crippen LogP) is 2.93. The van der Waals surface area contributed by atoms with Crippen molar-refractivity contribution in [3.05, 3.63) is 48.4 Å². The van der Waals surface area contributed by atoms with E-state index in [4.69, 9.17) is 14.5 Å². The van der Waals surface area contributed by atoms with Gasteiger partial charge in [-0.1, -0.05) is 6.07 Å². The lowest BCUT2D eigenvalue weighted by atomic mass is 9.84. The summed E-state index contributed by atoms with van der Waals surface area (Å²) in [7, 11) is 0. The van der Waals surface area contributed by atoms with Gasteiger partial charge in [-0.15, -0.1) is 0 Å². The summed E-state index contributed by atoms with van der Waals surface area (Å²) in [4.78, 5) is 12.0. The molecule has 0 saturated carbocycles. The molecule has 2 unspecified atom stereocenters. The number of piperidine rings is 1. The van der Waals surface area contributed by atoms with Crippen LogP contribution >= 0.6 is 0 Å². The first-order valence-corrected chi connectivity index (χ1v) is 13.6. The van der Waals surface area contributed by atoms with Gasteiger partial charge in [-0.25, -0.2) is 4.52 Å². The second kappa shape index (κ2) is 9.96. The molecule has 0 aromatic carbocycles. The van der Waals surface area contributed by atoms with Gasteiger partial charge in [0.15, 0.2) is 12.5 Å². The van der Waals surface area contributed by atoms with Crippen LogP contribution in [-0.4, -0.2) is 93.9 Å². The highest BCUT2D eigenvalue weighted by Crippen LogP contribution is 2.38. The minimum absolute atomic E-state index is 0.127. The summed E-state index contributed by atoms with van der Waals surface area (Å²) in [5.41, 5.74) is 5.16. The van der Waals surface area contributed by atoms with Crippen molar-refractivity contribution in [1.82, 2.24) is 24.4 Å². The van der Waals surface area contributed by atoms with Gasteiger partial charge in [-0.3, -0.25) is 9.88 Å². The normalized spacial score (nSPS) is 24.7. The molecule has 3 aromatic heterocycles. The van der Waals surface area contributed by atoms with Gasteiger partial charge in [0.05, 0.1) is 22.5 Å². The average molecular weight is 507 g/mol. The van der Waals surface area contributed by atoms with Crippen LogP contribution in [0.25, 0.3) is 16.8 Å². The summed E-state index contributed by atoms with van der Waals surface area (Å²) in [5, 5.41) is 14.1. The predicted molar refractivity (Wildman–Crippen MR) is 142 cm³/mol. The number of pyridine rings is 1. The van der Waals surface area contributed by atoms with E-state index in [0.29, 0.717) is 12.6 Å². The molecule has 37 heavy (non-hydrogen) atoms. The number of aromatic nitrogens is 3. The third kappa shape index (κ3) is 4.75. The molecule has 3 aromatic rings. The number of fused-ring (bicyclic) bond motifs is 1. The minimum Gasteiger partial charge on any atom is -0.370 e. The molecule has 2 atom stereocenters. The van der Waals surface area contributed by atoms with Crippen LogP contribution in [0.5, 0.6) is 0 Å². The fourth-order valence-electron chi connectivity index (χ4n) is 6.02. The molecule has 9 heteroatoms. The molecule has 3 fully saturated rings. The molecule has 3 aliphatic heterocycles. The number of hydrogen-bond acceptors (Lipinski definition) is 8. The van der Waals surface area contributed by atoms with Crippen molar-refractivity contribution in [1.29, 1.82) is 0 Å². The van der Waals surface area contributed by atoms with Gasteiger partial charge in [-0.05, 0) is 51.8 Å². The molecule has 1 N–H and O–H groups in total. The number of piperazine rings is 1. The van der Waals surface area contributed by atoms with Gasteiger partial charge in [0.25, 0.3) is 0 Å². The maximum atomic E-state index is 9.57. The zero-order valence-corrected chi connectivity index (χ0v) is 22.1. The summed E-state index contributed by atoms with van der Waals surface area (Å²) in [6.07, 6.45) is 7.16. The zero-order chi connectivity index (χ0) is 25.6. The van der Waals surface area contributed by atoms with Crippen LogP contribution in [0.1, 0.15) is 39.2 Å². The lowest BCUT2D eigenvalue weighted by Gasteiger charge is -2.43. The van der Waals surface area contributed by atoms with Gasteiger partial charge in [0.2, 0.25) is 0 Å². The van der Waals surface area contributed by atoms with Crippen LogP contribution in [-0.2, 0) is 15.1 Å². The van der Waals surface area contributed by atoms with E-state index in [2.05, 4.69) is 71.0 Å². The number of rotatable bonds is 7. The number of ether oxygens (including phenoxy) is 2. The molecule has 9 nitrogen and oxygen atoms in total. The molecular weight excluding hydrogens is 468 g/mol. The highest BCUT2D eigenvalue weighted by Gasteiger charge is 2.43. The van der Waals surface area contributed by atoms with E-state index in [9.17, 15) is 5.11 Å². The van der Waals surface area contributed by atoms with E-state index < -0.39 is 6.29 Å². The molecule has 3 aliphatic rings. The molecule has 0 spiro atoms. The summed E-state index contributed by atoms with van der Waals surface area (Å²) in [6, 6.07) is 9.16. The van der Waals surface area contributed by atoms with E-state index in [1.165, 1.54) is 11.3 Å². The summed E-state index contributed by atoms with van der Waals surface area (Å²) in [5.74, 6) is 0. The average Bonchev–Trinajstić information content (AvgIpc) is 3.49. The van der Waals surface area contributed by atoms with Gasteiger partial charge in [0.1, 0.15) is 0 Å². The van der Waals surface area contributed by atoms with E-state index in [1.807, 2.05) is 16.9 Å². The second-order valence-corrected chi connectivity index (χ2v) is 10.7. The van der Waals surface area contributed by atoms with E-state index in [-0.39, 0.29) is 11.8 Å². The van der Waals surface area contributed by atoms with Crippen molar-refractivity contribution in [2.75, 3.05) is 50.8 Å². The zero-order valence-electron chi connectivity index (χ0n) is 22.1. The Hall–Kier alpha value is -2.56. The number of epoxide rings is 1. The second-order valence-electron chi connectivity index (χ2n) is 10.7. The number of nitrogens with zero attached hydrogens (tertiary/aromatic N) is 6. The molecule has 3 saturated heterocycles. The maximum absolute atomic E-state index is 9.57. The van der Waals surface area contributed by atoms with Crippen molar-refractivity contribution in [2.24, 2.45) is 0 Å². The van der Waals surface area contributed by atoms with E-state index in [0.717, 1.165) is 68.9 Å². The largest absolute Gasteiger partial charge is 0.370 e. The van der Waals surface area contributed by atoms with Crippen molar-refractivity contribution in [3.8, 4) is 11.3 Å². The van der Waals surface area contributed by atoms with Crippen LogP contribution in [0.4, 0.5) is 5.69 Å². The Balaban J connectivity index is 1.21. The number of aliphatic hydroxyl groups is 1. The lowest BCUT2D eigenvalue weighted by Crippen LogP contribution is -2.48. The molecule has 198 valence electrons. The van der Waals surface area contributed by atoms with E-state index in [1.54, 1.807) is 0 Å². The Morgan fingerprint density at radius 2 is 1.86 bits per heavy atom. The smallest absolute Gasteiger partial charge is 0.197 e. The summed E-state index contributed by atoms with van der Waals surface area (Å²) in [6.45, 7) is 12.9. The summed E-state index contributed by atoms with van der Waals surface area (Å²) >= 11 is 0. The van der Waals surface area contributed by atoms with Gasteiger partial charge in [-0.2, -0.15) is 5.10 Å². The molecule has 0 bridgehead atoms. The van der Waals surface area contributed by atoms with Crippen LogP contribution in [0.3, 0.4) is 0 Å². The number of anilines is 1. The van der Waals surface area contributed by atoms with E-state index >= 15 is 0 Å². The maximum Gasteiger partial charge on any atom is 0.197 e. The summed E-state index contributed by atoms with van der Waals surface area (Å²) < 4.78 is 13.6. The topological polar surface area (TPSA) is 81.9 Å². The fraction of sp³-hybridized carbons (Fsp3) is 0.571. The van der Waals surface area contributed by atoms with Crippen molar-refractivity contribution < 1.29 is 14.6 Å². The first-order valence-electron chi connectivity index (χ1n) is 13.6. The lowest BCUT2D eigenvalue weighted by molar-refractivity contribution is -0.0888. The highest BCUT2D eigenvalue weighted by molar-refractivity contribution is 5.79. The quantitative estimate of drug-likeness (QED) is 0.490. The van der Waals surface area contributed by atoms with Crippen molar-refractivity contribution in [2.45, 2.75) is 57.8 Å². The van der Waals surface area contributed by atoms with Gasteiger partial charge < -0.3 is 24.4 Å².